The summed E-state index contributed by atoms with van der Waals surface area (Å²) in [5.41, 5.74) is -0.0804. The maximum Gasteiger partial charge on any atom is 0.398 e. The molecule has 0 aliphatic carbocycles. The molecule has 0 aromatic heterocycles. The molecule has 0 fully saturated rings. The molecule has 9 heteroatoms. The highest BCUT2D eigenvalue weighted by Crippen LogP contribution is 2.66. The molecule has 0 saturated carbocycles. The topological polar surface area (TPSA) is 69.4 Å². The summed E-state index contributed by atoms with van der Waals surface area (Å²) >= 11 is 6.56. The Labute approximate surface area is 128 Å². The van der Waals surface area contributed by atoms with E-state index in [2.05, 4.69) is 0 Å². The normalized spacial score (nSPS) is 13.4. The van der Waals surface area contributed by atoms with Crippen molar-refractivity contribution in [2.45, 2.75) is 4.90 Å². The molecule has 21 heavy (non-hydrogen) atoms. The maximum atomic E-state index is 12.8. The van der Waals surface area contributed by atoms with Crippen LogP contribution in [0.15, 0.2) is 53.4 Å². The first-order valence-corrected chi connectivity index (χ1v) is 9.50. The molecule has 5 nitrogen and oxygen atoms in total. The smallest absolute Gasteiger partial charge is 0.398 e. The van der Waals surface area contributed by atoms with Crippen LogP contribution < -0.4 is 4.52 Å². The number of nitro groups is 1. The van der Waals surface area contributed by atoms with Crippen LogP contribution in [0, 0.1) is 15.9 Å². The minimum absolute atomic E-state index is 0.0804. The predicted molar refractivity (Wildman–Crippen MR) is 79.4 cm³/mol. The van der Waals surface area contributed by atoms with Crippen LogP contribution in [0.2, 0.25) is 0 Å². The van der Waals surface area contributed by atoms with Gasteiger partial charge in [0.15, 0.2) is 0 Å². The maximum absolute atomic E-state index is 12.8. The zero-order chi connectivity index (χ0) is 15.5. The van der Waals surface area contributed by atoms with Crippen molar-refractivity contribution >= 4 is 34.2 Å². The second-order valence-corrected chi connectivity index (χ2v) is 9.44. The number of benzene rings is 2. The lowest BCUT2D eigenvalue weighted by Gasteiger charge is -2.11. The van der Waals surface area contributed by atoms with E-state index in [-0.39, 0.29) is 11.4 Å². The molecular formula is C12H8ClFNO4PS. The Hall–Kier alpha value is -1.56. The number of nitro benzene ring substituents is 1. The molecule has 1 atom stereocenters. The number of nitrogens with zero attached hydrogens (tertiary/aromatic N) is 1. The number of hydrogen-bond donors (Lipinski definition) is 0. The molecule has 2 aromatic rings. The molecule has 0 aliphatic heterocycles. The van der Waals surface area contributed by atoms with Crippen LogP contribution in [-0.4, -0.2) is 4.92 Å². The van der Waals surface area contributed by atoms with Crippen LogP contribution in [0.25, 0.3) is 0 Å². The summed E-state index contributed by atoms with van der Waals surface area (Å²) in [6.07, 6.45) is 0. The highest BCUT2D eigenvalue weighted by Gasteiger charge is 2.23. The van der Waals surface area contributed by atoms with Gasteiger partial charge in [-0.25, -0.2) is 8.96 Å². The van der Waals surface area contributed by atoms with Gasteiger partial charge in [0.05, 0.1) is 4.92 Å². The first-order chi connectivity index (χ1) is 9.85. The molecule has 0 N–H and O–H groups in total. The Bertz CT molecular complexity index is 695. The SMILES string of the molecule is O=[N+]([O-])c1ccc(SP(=O)(Cl)Oc2ccc(F)cc2)cc1. The van der Waals surface area contributed by atoms with E-state index < -0.39 is 16.7 Å². The van der Waals surface area contributed by atoms with Crippen molar-refractivity contribution in [1.29, 1.82) is 0 Å². The summed E-state index contributed by atoms with van der Waals surface area (Å²) in [5.74, 6) is -3.87. The monoisotopic (exact) mass is 347 g/mol. The number of rotatable bonds is 5. The van der Waals surface area contributed by atoms with Gasteiger partial charge in [0.25, 0.3) is 5.69 Å². The summed E-state index contributed by atoms with van der Waals surface area (Å²) in [5, 5.41) is 10.5. The second kappa shape index (κ2) is 6.47. The Kier molecular flexibility index (Phi) is 4.88. The van der Waals surface area contributed by atoms with E-state index >= 15 is 0 Å². The molecule has 2 aromatic carbocycles. The second-order valence-electron chi connectivity index (χ2n) is 3.82. The summed E-state index contributed by atoms with van der Waals surface area (Å²) in [7, 11) is 0. The molecule has 0 radical (unpaired) electrons. The molecule has 0 bridgehead atoms. The van der Waals surface area contributed by atoms with Gasteiger partial charge >= 0.3 is 5.92 Å². The Morgan fingerprint density at radius 2 is 1.71 bits per heavy atom. The number of hydrogen-bond acceptors (Lipinski definition) is 5. The first-order valence-electron chi connectivity index (χ1n) is 5.55. The largest absolute Gasteiger partial charge is 0.425 e. The molecule has 110 valence electrons. The van der Waals surface area contributed by atoms with E-state index in [1.54, 1.807) is 0 Å². The van der Waals surface area contributed by atoms with Crippen molar-refractivity contribution < 1.29 is 18.4 Å². The zero-order valence-electron chi connectivity index (χ0n) is 10.3. The minimum atomic E-state index is -3.59. The van der Waals surface area contributed by atoms with Crippen molar-refractivity contribution in [3.05, 3.63) is 64.5 Å². The van der Waals surface area contributed by atoms with E-state index in [1.807, 2.05) is 0 Å². The van der Waals surface area contributed by atoms with Crippen molar-refractivity contribution in [3.8, 4) is 5.75 Å². The third-order valence-electron chi connectivity index (χ3n) is 2.29. The predicted octanol–water partition coefficient (Wildman–Crippen LogP) is 5.25. The molecule has 0 spiro atoms. The standard InChI is InChI=1S/C12H8ClFNO4PS/c13-20(18,19-11-5-1-9(14)2-6-11)21-12-7-3-10(4-8-12)15(16)17/h1-8H. The van der Waals surface area contributed by atoms with E-state index in [9.17, 15) is 19.1 Å². The Morgan fingerprint density at radius 3 is 2.24 bits per heavy atom. The van der Waals surface area contributed by atoms with Gasteiger partial charge in [-0.15, -0.1) is 0 Å². The van der Waals surface area contributed by atoms with E-state index in [0.29, 0.717) is 4.90 Å². The highest BCUT2D eigenvalue weighted by molar-refractivity contribution is 8.63. The van der Waals surface area contributed by atoms with Gasteiger partial charge in [-0.3, -0.25) is 10.1 Å². The average Bonchev–Trinajstić information content (AvgIpc) is 2.41. The summed E-state index contributed by atoms with van der Waals surface area (Å²) in [4.78, 5) is 10.5. The van der Waals surface area contributed by atoms with Crippen LogP contribution in [0.4, 0.5) is 10.1 Å². The molecule has 0 amide bonds. The molecular weight excluding hydrogens is 340 g/mol. The first kappa shape index (κ1) is 15.8. The number of non-ortho nitro benzene ring substituents is 1. The number of halogens is 2. The lowest BCUT2D eigenvalue weighted by Crippen LogP contribution is -1.87. The summed E-state index contributed by atoms with van der Waals surface area (Å²) < 4.78 is 30.0. The Balaban J connectivity index is 2.08. The lowest BCUT2D eigenvalue weighted by molar-refractivity contribution is -0.384. The van der Waals surface area contributed by atoms with E-state index in [0.717, 1.165) is 23.5 Å². The fraction of sp³-hybridized carbons (Fsp3) is 0. The van der Waals surface area contributed by atoms with Crippen molar-refractivity contribution in [3.63, 3.8) is 0 Å². The molecule has 2 rings (SSSR count). The highest BCUT2D eigenvalue weighted by atomic mass is 35.7. The van der Waals surface area contributed by atoms with Gasteiger partial charge in [-0.1, -0.05) is 0 Å². The zero-order valence-corrected chi connectivity index (χ0v) is 12.8. The minimum Gasteiger partial charge on any atom is -0.425 e. The molecule has 0 aliphatic rings. The average molecular weight is 348 g/mol. The van der Waals surface area contributed by atoms with Crippen LogP contribution in [0.3, 0.4) is 0 Å². The molecule has 0 saturated heterocycles. The summed E-state index contributed by atoms with van der Waals surface area (Å²) in [6.45, 7) is 0. The molecule has 1 unspecified atom stereocenters. The van der Waals surface area contributed by atoms with Gasteiger partial charge in [-0.05, 0) is 59.0 Å². The van der Waals surface area contributed by atoms with Crippen LogP contribution in [0.5, 0.6) is 5.75 Å². The van der Waals surface area contributed by atoms with Crippen LogP contribution in [-0.2, 0) is 4.57 Å². The van der Waals surface area contributed by atoms with Gasteiger partial charge < -0.3 is 4.52 Å². The quantitative estimate of drug-likeness (QED) is 0.419. The van der Waals surface area contributed by atoms with Crippen molar-refractivity contribution in [2.75, 3.05) is 0 Å². The van der Waals surface area contributed by atoms with Gasteiger partial charge in [0.2, 0.25) is 0 Å². The van der Waals surface area contributed by atoms with Crippen LogP contribution in [0.1, 0.15) is 0 Å². The fourth-order valence-corrected chi connectivity index (χ4v) is 4.76. The van der Waals surface area contributed by atoms with Crippen molar-refractivity contribution in [1.82, 2.24) is 0 Å². The van der Waals surface area contributed by atoms with E-state index in [4.69, 9.17) is 15.8 Å². The van der Waals surface area contributed by atoms with Crippen LogP contribution >= 0.6 is 28.5 Å². The fourth-order valence-electron chi connectivity index (χ4n) is 1.39. The van der Waals surface area contributed by atoms with Crippen molar-refractivity contribution in [2.24, 2.45) is 0 Å². The third kappa shape index (κ3) is 4.74. The Morgan fingerprint density at radius 1 is 1.14 bits per heavy atom. The van der Waals surface area contributed by atoms with Gasteiger partial charge in [0, 0.05) is 17.0 Å². The van der Waals surface area contributed by atoms with Gasteiger partial charge in [0.1, 0.15) is 11.6 Å². The van der Waals surface area contributed by atoms with Gasteiger partial charge in [-0.2, -0.15) is 0 Å². The van der Waals surface area contributed by atoms with E-state index in [1.165, 1.54) is 36.4 Å². The third-order valence-corrected chi connectivity index (χ3v) is 5.76. The molecule has 0 heterocycles. The summed E-state index contributed by atoms with van der Waals surface area (Å²) in [6, 6.07) is 10.3. The lowest BCUT2D eigenvalue weighted by atomic mass is 10.3.